The SMILES string of the molecule is CN1CCN(c2nccc(N(C)C3CCS(=O)(=O)C3)n2)CC1. The summed E-state index contributed by atoms with van der Waals surface area (Å²) in [4.78, 5) is 15.5. The average Bonchev–Trinajstić information content (AvgIpc) is 2.87. The fourth-order valence-electron chi connectivity index (χ4n) is 2.96. The first kappa shape index (κ1) is 15.5. The average molecular weight is 325 g/mol. The topological polar surface area (TPSA) is 69.6 Å². The molecule has 3 heterocycles. The van der Waals surface area contributed by atoms with Gasteiger partial charge in [-0.25, -0.2) is 13.4 Å². The molecule has 2 aliphatic rings. The molecule has 0 saturated carbocycles. The largest absolute Gasteiger partial charge is 0.355 e. The number of nitrogens with zero attached hydrogens (tertiary/aromatic N) is 5. The number of rotatable bonds is 3. The lowest BCUT2D eigenvalue weighted by atomic mass is 10.2. The molecule has 0 N–H and O–H groups in total. The zero-order chi connectivity index (χ0) is 15.7. The molecule has 1 unspecified atom stereocenters. The molecule has 0 radical (unpaired) electrons. The van der Waals surface area contributed by atoms with Crippen LogP contribution in [0, 0.1) is 0 Å². The summed E-state index contributed by atoms with van der Waals surface area (Å²) in [6, 6.07) is 1.87. The Hall–Kier alpha value is -1.41. The van der Waals surface area contributed by atoms with Gasteiger partial charge < -0.3 is 14.7 Å². The van der Waals surface area contributed by atoms with E-state index in [0.29, 0.717) is 6.42 Å². The van der Waals surface area contributed by atoms with Crippen LogP contribution in [-0.4, -0.2) is 81.1 Å². The Morgan fingerprint density at radius 2 is 2.00 bits per heavy atom. The van der Waals surface area contributed by atoms with Gasteiger partial charge >= 0.3 is 0 Å². The smallest absolute Gasteiger partial charge is 0.227 e. The molecule has 122 valence electrons. The second-order valence-electron chi connectivity index (χ2n) is 6.17. The Kier molecular flexibility index (Phi) is 4.22. The van der Waals surface area contributed by atoms with Crippen LogP contribution in [0.2, 0.25) is 0 Å². The predicted molar refractivity (Wildman–Crippen MR) is 87.2 cm³/mol. The van der Waals surface area contributed by atoms with Crippen molar-refractivity contribution in [2.75, 3.05) is 61.6 Å². The molecule has 0 amide bonds. The number of hydrogen-bond acceptors (Lipinski definition) is 7. The van der Waals surface area contributed by atoms with Crippen LogP contribution in [-0.2, 0) is 9.84 Å². The summed E-state index contributed by atoms with van der Waals surface area (Å²) in [6.07, 6.45) is 2.43. The van der Waals surface area contributed by atoms with Gasteiger partial charge in [0.25, 0.3) is 0 Å². The molecule has 2 fully saturated rings. The Labute approximate surface area is 131 Å². The van der Waals surface area contributed by atoms with Gasteiger partial charge in [0.05, 0.1) is 11.5 Å². The van der Waals surface area contributed by atoms with E-state index in [9.17, 15) is 8.42 Å². The third-order valence-corrected chi connectivity index (χ3v) is 6.28. The number of anilines is 2. The number of aromatic nitrogens is 2. The van der Waals surface area contributed by atoms with Crippen LogP contribution in [0.5, 0.6) is 0 Å². The highest BCUT2D eigenvalue weighted by Gasteiger charge is 2.31. The second kappa shape index (κ2) is 6.00. The van der Waals surface area contributed by atoms with Crippen LogP contribution in [0.25, 0.3) is 0 Å². The minimum absolute atomic E-state index is 0.0141. The molecule has 0 aromatic carbocycles. The number of sulfone groups is 1. The van der Waals surface area contributed by atoms with Crippen LogP contribution in [0.4, 0.5) is 11.8 Å². The predicted octanol–water partition coefficient (Wildman–Crippen LogP) is -0.148. The lowest BCUT2D eigenvalue weighted by Crippen LogP contribution is -2.45. The highest BCUT2D eigenvalue weighted by Crippen LogP contribution is 2.22. The maximum atomic E-state index is 11.6. The van der Waals surface area contributed by atoms with Crippen LogP contribution in [0.3, 0.4) is 0 Å². The van der Waals surface area contributed by atoms with Gasteiger partial charge in [-0.2, -0.15) is 4.98 Å². The van der Waals surface area contributed by atoms with Crippen LogP contribution in [0.1, 0.15) is 6.42 Å². The van der Waals surface area contributed by atoms with Crippen molar-refractivity contribution in [1.29, 1.82) is 0 Å². The summed E-state index contributed by atoms with van der Waals surface area (Å²) in [5.41, 5.74) is 0. The Bertz CT molecular complexity index is 628. The Morgan fingerprint density at radius 3 is 2.64 bits per heavy atom. The van der Waals surface area contributed by atoms with E-state index in [1.165, 1.54) is 0 Å². The van der Waals surface area contributed by atoms with Gasteiger partial charge in [-0.05, 0) is 19.5 Å². The maximum absolute atomic E-state index is 11.6. The van der Waals surface area contributed by atoms with E-state index in [-0.39, 0.29) is 17.5 Å². The quantitative estimate of drug-likeness (QED) is 0.765. The van der Waals surface area contributed by atoms with Gasteiger partial charge in [-0.1, -0.05) is 0 Å². The summed E-state index contributed by atoms with van der Waals surface area (Å²) in [6.45, 7) is 3.84. The van der Waals surface area contributed by atoms with Crippen LogP contribution >= 0.6 is 0 Å². The zero-order valence-corrected chi connectivity index (χ0v) is 14.0. The fourth-order valence-corrected chi connectivity index (χ4v) is 4.74. The first-order chi connectivity index (χ1) is 10.4. The molecule has 7 nitrogen and oxygen atoms in total. The molecule has 0 bridgehead atoms. The normalized spacial score (nSPS) is 25.4. The van der Waals surface area contributed by atoms with E-state index >= 15 is 0 Å². The molecule has 2 aliphatic heterocycles. The van der Waals surface area contributed by atoms with Gasteiger partial charge in [0, 0.05) is 45.5 Å². The lowest BCUT2D eigenvalue weighted by Gasteiger charge is -2.33. The van der Waals surface area contributed by atoms with E-state index in [0.717, 1.165) is 37.9 Å². The minimum atomic E-state index is -2.89. The Balaban J connectivity index is 1.73. The number of hydrogen-bond donors (Lipinski definition) is 0. The van der Waals surface area contributed by atoms with E-state index in [1.54, 1.807) is 6.20 Å². The molecule has 1 aromatic heterocycles. The molecule has 3 rings (SSSR count). The summed E-state index contributed by atoms with van der Waals surface area (Å²) >= 11 is 0. The highest BCUT2D eigenvalue weighted by atomic mass is 32.2. The number of likely N-dealkylation sites (N-methyl/N-ethyl adjacent to an activating group) is 1. The molecular formula is C14H23N5O2S. The summed E-state index contributed by atoms with van der Waals surface area (Å²) in [5.74, 6) is 2.03. The van der Waals surface area contributed by atoms with Crippen LogP contribution < -0.4 is 9.80 Å². The highest BCUT2D eigenvalue weighted by molar-refractivity contribution is 7.91. The molecular weight excluding hydrogens is 302 g/mol. The molecule has 2 saturated heterocycles. The molecule has 22 heavy (non-hydrogen) atoms. The van der Waals surface area contributed by atoms with Crippen molar-refractivity contribution in [3.05, 3.63) is 12.3 Å². The molecule has 8 heteroatoms. The first-order valence-corrected chi connectivity index (χ1v) is 9.46. The summed E-state index contributed by atoms with van der Waals surface area (Å²) in [7, 11) is 1.15. The van der Waals surface area contributed by atoms with E-state index in [1.807, 2.05) is 18.0 Å². The Morgan fingerprint density at radius 1 is 1.27 bits per heavy atom. The molecule has 0 aliphatic carbocycles. The molecule has 0 spiro atoms. The second-order valence-corrected chi connectivity index (χ2v) is 8.40. The molecule has 1 atom stereocenters. The standard InChI is InChI=1S/C14H23N5O2S/c1-17-6-8-19(9-7-17)14-15-5-3-13(16-14)18(2)12-4-10-22(20,21)11-12/h3,5,12H,4,6-11H2,1-2H3. The zero-order valence-electron chi connectivity index (χ0n) is 13.1. The van der Waals surface area contributed by atoms with Gasteiger partial charge in [0.15, 0.2) is 9.84 Å². The third kappa shape index (κ3) is 3.33. The first-order valence-electron chi connectivity index (χ1n) is 7.64. The monoisotopic (exact) mass is 325 g/mol. The van der Waals surface area contributed by atoms with Gasteiger partial charge in [-0.3, -0.25) is 0 Å². The minimum Gasteiger partial charge on any atom is -0.355 e. The van der Waals surface area contributed by atoms with E-state index in [4.69, 9.17) is 0 Å². The fraction of sp³-hybridized carbons (Fsp3) is 0.714. The molecule has 1 aromatic rings. The summed E-state index contributed by atoms with van der Waals surface area (Å²) < 4.78 is 23.3. The third-order valence-electron chi connectivity index (χ3n) is 4.53. The van der Waals surface area contributed by atoms with Gasteiger partial charge in [0.2, 0.25) is 5.95 Å². The van der Waals surface area contributed by atoms with Crippen molar-refractivity contribution in [2.45, 2.75) is 12.5 Å². The van der Waals surface area contributed by atoms with Crippen molar-refractivity contribution in [3.63, 3.8) is 0 Å². The van der Waals surface area contributed by atoms with Crippen LogP contribution in [0.15, 0.2) is 12.3 Å². The lowest BCUT2D eigenvalue weighted by molar-refractivity contribution is 0.311. The van der Waals surface area contributed by atoms with E-state index in [2.05, 4.69) is 26.8 Å². The van der Waals surface area contributed by atoms with Crippen molar-refractivity contribution in [1.82, 2.24) is 14.9 Å². The van der Waals surface area contributed by atoms with Crippen molar-refractivity contribution < 1.29 is 8.42 Å². The van der Waals surface area contributed by atoms with Crippen molar-refractivity contribution in [2.24, 2.45) is 0 Å². The van der Waals surface area contributed by atoms with Crippen molar-refractivity contribution >= 4 is 21.6 Å². The van der Waals surface area contributed by atoms with E-state index < -0.39 is 9.84 Å². The summed E-state index contributed by atoms with van der Waals surface area (Å²) in [5, 5.41) is 0. The van der Waals surface area contributed by atoms with Crippen molar-refractivity contribution in [3.8, 4) is 0 Å². The maximum Gasteiger partial charge on any atom is 0.227 e. The van der Waals surface area contributed by atoms with Gasteiger partial charge in [-0.15, -0.1) is 0 Å². The van der Waals surface area contributed by atoms with Gasteiger partial charge in [0.1, 0.15) is 5.82 Å². The number of piperazine rings is 1.